The molecule has 2 rings (SSSR count). The van der Waals surface area contributed by atoms with Gasteiger partial charge in [-0.25, -0.2) is 0 Å². The summed E-state index contributed by atoms with van der Waals surface area (Å²) >= 11 is 0. The number of aromatic nitrogens is 2. The summed E-state index contributed by atoms with van der Waals surface area (Å²) in [6.45, 7) is 6.98. The van der Waals surface area contributed by atoms with E-state index in [-0.39, 0.29) is 18.6 Å². The average Bonchev–Trinajstić information content (AvgIpc) is 3.10. The lowest BCUT2D eigenvalue weighted by Gasteiger charge is -2.23. The Hall–Kier alpha value is -1.43. The quantitative estimate of drug-likeness (QED) is 0.701. The van der Waals surface area contributed by atoms with Crippen molar-refractivity contribution in [2.75, 3.05) is 13.2 Å². The minimum Gasteiger partial charge on any atom is -0.465 e. The number of hydrogen-bond acceptors (Lipinski definition) is 6. The molecule has 1 aromatic rings. The maximum atomic E-state index is 11.5. The van der Waals surface area contributed by atoms with Gasteiger partial charge >= 0.3 is 5.97 Å². The molecule has 0 bridgehead atoms. The van der Waals surface area contributed by atoms with Crippen molar-refractivity contribution >= 4 is 5.97 Å². The van der Waals surface area contributed by atoms with Crippen molar-refractivity contribution in [3.05, 3.63) is 11.7 Å². The summed E-state index contributed by atoms with van der Waals surface area (Å²) in [5.74, 6) is 1.63. The first kappa shape index (κ1) is 14.0. The van der Waals surface area contributed by atoms with Crippen molar-refractivity contribution in [1.29, 1.82) is 0 Å². The number of nitrogens with zero attached hydrogens (tertiary/aromatic N) is 3. The van der Waals surface area contributed by atoms with Crippen LogP contribution in [0, 0.1) is 0 Å². The van der Waals surface area contributed by atoms with Crippen molar-refractivity contribution in [2.24, 2.45) is 0 Å². The molecule has 19 heavy (non-hydrogen) atoms. The summed E-state index contributed by atoms with van der Waals surface area (Å²) < 4.78 is 10.2. The number of ether oxygens (including phenoxy) is 1. The topological polar surface area (TPSA) is 68.5 Å². The van der Waals surface area contributed by atoms with E-state index < -0.39 is 0 Å². The van der Waals surface area contributed by atoms with Gasteiger partial charge in [0.15, 0.2) is 5.82 Å². The molecule has 1 aliphatic rings. The fraction of sp³-hybridized carbons (Fsp3) is 0.769. The van der Waals surface area contributed by atoms with E-state index in [0.717, 1.165) is 18.7 Å². The Balaban J connectivity index is 1.92. The van der Waals surface area contributed by atoms with Gasteiger partial charge in [0.05, 0.1) is 19.7 Å². The van der Waals surface area contributed by atoms with Gasteiger partial charge in [0.25, 0.3) is 0 Å². The van der Waals surface area contributed by atoms with Gasteiger partial charge < -0.3 is 9.26 Å². The van der Waals surface area contributed by atoms with Gasteiger partial charge in [0.1, 0.15) is 0 Å². The molecule has 1 saturated carbocycles. The van der Waals surface area contributed by atoms with E-state index in [1.807, 2.05) is 18.7 Å². The maximum absolute atomic E-state index is 11.5. The third-order valence-electron chi connectivity index (χ3n) is 3.13. The second-order valence-corrected chi connectivity index (χ2v) is 5.12. The summed E-state index contributed by atoms with van der Waals surface area (Å²) in [6.07, 6.45) is 2.30. The van der Waals surface area contributed by atoms with Gasteiger partial charge in [0.2, 0.25) is 5.89 Å². The molecule has 6 heteroatoms. The molecule has 106 valence electrons. The first-order valence-electron chi connectivity index (χ1n) is 6.82. The van der Waals surface area contributed by atoms with Gasteiger partial charge in [-0.3, -0.25) is 9.69 Å². The van der Waals surface area contributed by atoms with Gasteiger partial charge in [-0.2, -0.15) is 4.98 Å². The SMILES string of the molecule is CCOC(=O)CN(Cc1nc(C2CC2)no1)C(C)C. The zero-order valence-corrected chi connectivity index (χ0v) is 11.8. The van der Waals surface area contributed by atoms with Crippen molar-refractivity contribution in [3.8, 4) is 0 Å². The van der Waals surface area contributed by atoms with Crippen LogP contribution in [0.3, 0.4) is 0 Å². The first-order chi connectivity index (χ1) is 9.10. The Morgan fingerprint density at radius 2 is 2.26 bits per heavy atom. The normalized spacial score (nSPS) is 15.2. The van der Waals surface area contributed by atoms with E-state index in [1.165, 1.54) is 0 Å². The molecule has 0 radical (unpaired) electrons. The highest BCUT2D eigenvalue weighted by Gasteiger charge is 2.29. The molecular weight excluding hydrogens is 246 g/mol. The van der Waals surface area contributed by atoms with Crippen LogP contribution in [-0.2, 0) is 16.1 Å². The summed E-state index contributed by atoms with van der Waals surface area (Å²) in [4.78, 5) is 17.9. The molecule has 0 atom stereocenters. The van der Waals surface area contributed by atoms with Crippen molar-refractivity contribution in [2.45, 2.75) is 52.1 Å². The molecule has 1 heterocycles. The number of esters is 1. The Morgan fingerprint density at radius 1 is 1.53 bits per heavy atom. The highest BCUT2D eigenvalue weighted by molar-refractivity contribution is 5.71. The zero-order chi connectivity index (χ0) is 13.8. The second kappa shape index (κ2) is 6.14. The lowest BCUT2D eigenvalue weighted by atomic mass is 10.3. The minimum absolute atomic E-state index is 0.209. The van der Waals surface area contributed by atoms with Crippen LogP contribution in [0.2, 0.25) is 0 Å². The summed E-state index contributed by atoms with van der Waals surface area (Å²) in [5.41, 5.74) is 0. The zero-order valence-electron chi connectivity index (χ0n) is 11.8. The van der Waals surface area contributed by atoms with Crippen molar-refractivity contribution in [1.82, 2.24) is 15.0 Å². The fourth-order valence-corrected chi connectivity index (χ4v) is 1.81. The summed E-state index contributed by atoms with van der Waals surface area (Å²) in [5, 5.41) is 3.98. The van der Waals surface area contributed by atoms with Crippen molar-refractivity contribution < 1.29 is 14.1 Å². The van der Waals surface area contributed by atoms with Crippen LogP contribution >= 0.6 is 0 Å². The van der Waals surface area contributed by atoms with Crippen LogP contribution in [0.4, 0.5) is 0 Å². The number of rotatable bonds is 7. The average molecular weight is 267 g/mol. The van der Waals surface area contributed by atoms with Crippen LogP contribution in [0.5, 0.6) is 0 Å². The van der Waals surface area contributed by atoms with E-state index in [0.29, 0.717) is 25.0 Å². The van der Waals surface area contributed by atoms with Crippen molar-refractivity contribution in [3.63, 3.8) is 0 Å². The Kier molecular flexibility index (Phi) is 4.52. The number of hydrogen-bond donors (Lipinski definition) is 0. The molecule has 0 unspecified atom stereocenters. The fourth-order valence-electron chi connectivity index (χ4n) is 1.81. The van der Waals surface area contributed by atoms with Crippen LogP contribution in [0.25, 0.3) is 0 Å². The predicted octanol–water partition coefficient (Wildman–Crippen LogP) is 1.72. The molecule has 1 aliphatic carbocycles. The highest BCUT2D eigenvalue weighted by Crippen LogP contribution is 2.38. The Bertz CT molecular complexity index is 427. The van der Waals surface area contributed by atoms with Gasteiger partial charge in [0, 0.05) is 12.0 Å². The predicted molar refractivity (Wildman–Crippen MR) is 68.5 cm³/mol. The molecule has 0 spiro atoms. The maximum Gasteiger partial charge on any atom is 0.320 e. The third-order valence-corrected chi connectivity index (χ3v) is 3.13. The standard InChI is InChI=1S/C13H21N3O3/c1-4-18-12(17)8-16(9(2)3)7-11-14-13(15-19-11)10-5-6-10/h9-10H,4-8H2,1-3H3. The Morgan fingerprint density at radius 3 is 2.84 bits per heavy atom. The largest absolute Gasteiger partial charge is 0.465 e. The number of carbonyl (C=O) groups is 1. The first-order valence-corrected chi connectivity index (χ1v) is 6.82. The van der Waals surface area contributed by atoms with Crippen LogP contribution < -0.4 is 0 Å². The van der Waals surface area contributed by atoms with E-state index in [4.69, 9.17) is 9.26 Å². The molecule has 0 aliphatic heterocycles. The molecule has 0 amide bonds. The van der Waals surface area contributed by atoms with Crippen LogP contribution in [0.15, 0.2) is 4.52 Å². The molecular formula is C13H21N3O3. The lowest BCUT2D eigenvalue weighted by Crippen LogP contribution is -2.36. The monoisotopic (exact) mass is 267 g/mol. The van der Waals surface area contributed by atoms with Crippen LogP contribution in [-0.4, -0.2) is 40.2 Å². The molecule has 6 nitrogen and oxygen atoms in total. The van der Waals surface area contributed by atoms with E-state index in [9.17, 15) is 4.79 Å². The molecule has 0 aromatic carbocycles. The molecule has 0 N–H and O–H groups in total. The highest BCUT2D eigenvalue weighted by atomic mass is 16.5. The molecule has 0 saturated heterocycles. The lowest BCUT2D eigenvalue weighted by molar-refractivity contribution is -0.145. The van der Waals surface area contributed by atoms with E-state index in [2.05, 4.69) is 10.1 Å². The summed E-state index contributed by atoms with van der Waals surface area (Å²) in [7, 11) is 0. The second-order valence-electron chi connectivity index (χ2n) is 5.12. The smallest absolute Gasteiger partial charge is 0.320 e. The minimum atomic E-state index is -0.224. The van der Waals surface area contributed by atoms with E-state index in [1.54, 1.807) is 6.92 Å². The summed E-state index contributed by atoms with van der Waals surface area (Å²) in [6, 6.07) is 0.209. The van der Waals surface area contributed by atoms with Gasteiger partial charge in [-0.15, -0.1) is 0 Å². The molecule has 1 fully saturated rings. The third kappa shape index (κ3) is 4.02. The van der Waals surface area contributed by atoms with Gasteiger partial charge in [-0.1, -0.05) is 5.16 Å². The van der Waals surface area contributed by atoms with Crippen LogP contribution in [0.1, 0.15) is 51.2 Å². The van der Waals surface area contributed by atoms with E-state index >= 15 is 0 Å². The molecule has 1 aromatic heterocycles. The van der Waals surface area contributed by atoms with Gasteiger partial charge in [-0.05, 0) is 33.6 Å². The number of carbonyl (C=O) groups excluding carboxylic acids is 1. The Labute approximate surface area is 113 Å².